The zero-order valence-electron chi connectivity index (χ0n) is 15.4. The summed E-state index contributed by atoms with van der Waals surface area (Å²) in [6.07, 6.45) is 10.2. The topological polar surface area (TPSA) is 26.3 Å². The van der Waals surface area contributed by atoms with Gasteiger partial charge in [0.15, 0.2) is 0 Å². The molecule has 0 fully saturated rings. The van der Waals surface area contributed by atoms with Crippen molar-refractivity contribution in [2.24, 2.45) is 0 Å². The van der Waals surface area contributed by atoms with Gasteiger partial charge in [0.2, 0.25) is 0 Å². The molecule has 1 atom stereocenters. The molecule has 0 aliphatic heterocycles. The number of allylic oxidation sites excluding steroid dienone is 4. The fraction of sp³-hybridized carbons (Fsp3) is 0.500. The summed E-state index contributed by atoms with van der Waals surface area (Å²) in [7, 11) is 0. The van der Waals surface area contributed by atoms with E-state index in [4.69, 9.17) is 3.32 Å². The summed E-state index contributed by atoms with van der Waals surface area (Å²) in [5.41, 5.74) is 7.47. The van der Waals surface area contributed by atoms with Gasteiger partial charge in [-0.25, -0.2) is 0 Å². The van der Waals surface area contributed by atoms with E-state index in [1.807, 2.05) is 30.3 Å². The van der Waals surface area contributed by atoms with Crippen LogP contribution in [0.2, 0.25) is 14.7 Å². The van der Waals surface area contributed by atoms with Crippen molar-refractivity contribution in [2.45, 2.75) is 66.0 Å². The molecule has 25 heavy (non-hydrogen) atoms. The third kappa shape index (κ3) is 3.31. The van der Waals surface area contributed by atoms with E-state index in [-0.39, 0.29) is 5.97 Å². The van der Waals surface area contributed by atoms with Crippen LogP contribution in [0, 0.1) is 0 Å². The summed E-state index contributed by atoms with van der Waals surface area (Å²) < 4.78 is 6.76. The van der Waals surface area contributed by atoms with E-state index >= 15 is 0 Å². The van der Waals surface area contributed by atoms with Crippen LogP contribution in [-0.4, -0.2) is 5.97 Å². The van der Waals surface area contributed by atoms with Crippen LogP contribution in [0.5, 0.6) is 0 Å². The predicted octanol–water partition coefficient (Wildman–Crippen LogP) is 6.55. The number of benzene rings is 1. The van der Waals surface area contributed by atoms with Gasteiger partial charge in [0.1, 0.15) is 0 Å². The number of carbonyl (C=O) groups is 1. The molecule has 0 spiro atoms. The van der Waals surface area contributed by atoms with Crippen molar-refractivity contribution in [1.82, 2.24) is 0 Å². The first-order valence-electron chi connectivity index (χ1n) is 9.78. The second-order valence-corrected chi connectivity index (χ2v) is 14.7. The molecule has 0 N–H and O–H groups in total. The molecule has 0 amide bonds. The molecule has 0 saturated heterocycles. The van der Waals surface area contributed by atoms with Gasteiger partial charge in [-0.3, -0.25) is 0 Å². The third-order valence-corrected chi connectivity index (χ3v) is 11.0. The van der Waals surface area contributed by atoms with Gasteiger partial charge >= 0.3 is 155 Å². The van der Waals surface area contributed by atoms with Crippen LogP contribution >= 0.6 is 0 Å². The number of hydrogen-bond acceptors (Lipinski definition) is 2. The Hall–Kier alpha value is -1.12. The predicted molar refractivity (Wildman–Crippen MR) is 98.3 cm³/mol. The first kappa shape index (κ1) is 17.3. The Bertz CT molecular complexity index is 743. The Kier molecular flexibility index (Phi) is 4.77. The zero-order valence-corrected chi connectivity index (χ0v) is 17.0. The molecule has 0 aromatic heterocycles. The number of fused-ring (bicyclic) bond motifs is 1. The molecule has 0 bridgehead atoms. The van der Waals surface area contributed by atoms with Crippen molar-refractivity contribution >= 4 is 5.97 Å². The summed E-state index contributed by atoms with van der Waals surface area (Å²) in [6.45, 7) is 0. The second kappa shape index (κ2) is 6.89. The molecule has 1 aromatic rings. The summed E-state index contributed by atoms with van der Waals surface area (Å²) in [4.78, 5) is 12.6. The number of hydrogen-bond donors (Lipinski definition) is 0. The van der Waals surface area contributed by atoms with Crippen LogP contribution in [0.3, 0.4) is 0 Å². The summed E-state index contributed by atoms with van der Waals surface area (Å²) in [6, 6.07) is 9.49. The molecule has 0 heterocycles. The summed E-state index contributed by atoms with van der Waals surface area (Å²) in [5.74, 6) is -0.117. The van der Waals surface area contributed by atoms with E-state index in [1.165, 1.54) is 51.4 Å². The van der Waals surface area contributed by atoms with Crippen molar-refractivity contribution in [2.75, 3.05) is 0 Å². The van der Waals surface area contributed by atoms with Gasteiger partial charge in [0.05, 0.1) is 0 Å². The normalized spacial score (nSPS) is 23.4. The van der Waals surface area contributed by atoms with Crippen molar-refractivity contribution in [1.29, 1.82) is 0 Å². The molecule has 132 valence electrons. The van der Waals surface area contributed by atoms with Gasteiger partial charge in [0.25, 0.3) is 0 Å². The monoisotopic (exact) mass is 372 g/mol. The Morgan fingerprint density at radius 3 is 2.52 bits per heavy atom. The Balaban J connectivity index is 1.56. The van der Waals surface area contributed by atoms with Gasteiger partial charge in [-0.2, -0.15) is 0 Å². The molecule has 0 saturated carbocycles. The van der Waals surface area contributed by atoms with E-state index in [2.05, 4.69) is 10.5 Å². The first-order valence-corrected chi connectivity index (χ1v) is 14.4. The molecular weight excluding hydrogens is 344 g/mol. The molecule has 1 unspecified atom stereocenters. The summed E-state index contributed by atoms with van der Waals surface area (Å²) in [5, 5.41) is 4.58. The van der Waals surface area contributed by atoms with Gasteiger partial charge in [-0.1, -0.05) is 0 Å². The number of rotatable bonds is 3. The average Bonchev–Trinajstić information content (AvgIpc) is 3.00. The Morgan fingerprint density at radius 1 is 1.00 bits per heavy atom. The minimum atomic E-state index is -2.72. The zero-order chi connectivity index (χ0) is 17.4. The molecule has 3 heteroatoms. The standard InChI is InChI=1S/C13H17.C7H6O2.2CH3.Ti/c1-3-7-12-10(5-1)9-11-6-2-4-8-13(11)12;8-7(9)6-4-2-1-3-5-6;;;/h5H,1-4,6-9H2;1-5H,(H,8,9);2*1H3;/q;;;;+1/p-1. The third-order valence-electron chi connectivity index (χ3n) is 6.28. The van der Waals surface area contributed by atoms with Gasteiger partial charge in [0, 0.05) is 0 Å². The van der Waals surface area contributed by atoms with Crippen LogP contribution < -0.4 is 0 Å². The molecule has 3 aliphatic carbocycles. The van der Waals surface area contributed by atoms with E-state index in [0.717, 1.165) is 0 Å². The first-order chi connectivity index (χ1) is 12.1. The molecule has 2 nitrogen and oxygen atoms in total. The van der Waals surface area contributed by atoms with Gasteiger partial charge < -0.3 is 0 Å². The minimum absolute atomic E-state index is 0.117. The van der Waals surface area contributed by atoms with Gasteiger partial charge in [-0.15, -0.1) is 0 Å². The Labute approximate surface area is 155 Å². The molecule has 4 rings (SSSR count). The maximum atomic E-state index is 12.6. The SMILES string of the molecule is [CH3][Ti]([CH3])([O]C(=O)c1ccccc1)[CH]1CCCC2=C1CC1=C2CCCC1. The van der Waals surface area contributed by atoms with Crippen LogP contribution in [0.25, 0.3) is 0 Å². The number of carbonyl (C=O) groups excluding carboxylic acids is 1. The van der Waals surface area contributed by atoms with E-state index < -0.39 is 17.0 Å². The maximum absolute atomic E-state index is 12.6. The van der Waals surface area contributed by atoms with Crippen molar-refractivity contribution in [3.8, 4) is 0 Å². The molecular formula is C22H28O2Ti. The Morgan fingerprint density at radius 2 is 1.72 bits per heavy atom. The summed E-state index contributed by atoms with van der Waals surface area (Å²) >= 11 is -2.72. The van der Waals surface area contributed by atoms with Crippen molar-refractivity contribution in [3.63, 3.8) is 0 Å². The quantitative estimate of drug-likeness (QED) is 0.562. The van der Waals surface area contributed by atoms with Crippen LogP contribution in [0.15, 0.2) is 52.6 Å². The van der Waals surface area contributed by atoms with Gasteiger partial charge in [-0.05, 0) is 0 Å². The second-order valence-electron chi connectivity index (χ2n) is 8.27. The molecule has 0 radical (unpaired) electrons. The van der Waals surface area contributed by atoms with Crippen LogP contribution in [-0.2, 0) is 20.3 Å². The average molecular weight is 372 g/mol. The van der Waals surface area contributed by atoms with E-state index in [1.54, 1.807) is 22.3 Å². The van der Waals surface area contributed by atoms with E-state index in [0.29, 0.717) is 9.79 Å². The van der Waals surface area contributed by atoms with E-state index in [9.17, 15) is 4.79 Å². The van der Waals surface area contributed by atoms with Crippen LogP contribution in [0.4, 0.5) is 0 Å². The fourth-order valence-corrected chi connectivity index (χ4v) is 9.37. The van der Waals surface area contributed by atoms with Crippen molar-refractivity contribution < 1.29 is 25.1 Å². The van der Waals surface area contributed by atoms with Crippen LogP contribution in [0.1, 0.15) is 61.7 Å². The molecule has 1 aromatic carbocycles. The fourth-order valence-electron chi connectivity index (χ4n) is 5.07. The molecule has 3 aliphatic rings. The van der Waals surface area contributed by atoms with Crippen molar-refractivity contribution in [3.05, 3.63) is 58.2 Å².